The summed E-state index contributed by atoms with van der Waals surface area (Å²) >= 11 is 0. The van der Waals surface area contributed by atoms with Crippen molar-refractivity contribution in [2.75, 3.05) is 0 Å². The van der Waals surface area contributed by atoms with Crippen LogP contribution < -0.4 is 0 Å². The SMILES string of the molecule is Cc1cc([N+](=O)[O-])c(CC#N)c(C(F)F)n1. The monoisotopic (exact) mass is 227 g/mol. The molecule has 84 valence electrons. The van der Waals surface area contributed by atoms with Crippen LogP contribution in [-0.4, -0.2) is 9.91 Å². The maximum absolute atomic E-state index is 12.6. The molecule has 0 aromatic carbocycles. The van der Waals surface area contributed by atoms with Crippen LogP contribution in [0.5, 0.6) is 0 Å². The second-order valence-electron chi connectivity index (χ2n) is 3.04. The fraction of sp³-hybridized carbons (Fsp3) is 0.333. The molecule has 0 atom stereocenters. The summed E-state index contributed by atoms with van der Waals surface area (Å²) in [6.45, 7) is 1.38. The Morgan fingerprint density at radius 1 is 1.69 bits per heavy atom. The van der Waals surface area contributed by atoms with Crippen LogP contribution in [0.1, 0.15) is 23.4 Å². The molecule has 0 saturated heterocycles. The maximum atomic E-state index is 12.6. The molecule has 0 aliphatic carbocycles. The molecule has 7 heteroatoms. The van der Waals surface area contributed by atoms with Crippen molar-refractivity contribution in [3.05, 3.63) is 33.1 Å². The van der Waals surface area contributed by atoms with Gasteiger partial charge in [0.2, 0.25) is 0 Å². The highest BCUT2D eigenvalue weighted by Crippen LogP contribution is 2.29. The summed E-state index contributed by atoms with van der Waals surface area (Å²) in [6.07, 6.45) is -3.38. The van der Waals surface area contributed by atoms with Crippen molar-refractivity contribution in [2.24, 2.45) is 0 Å². The number of pyridine rings is 1. The average Bonchev–Trinajstić information content (AvgIpc) is 2.19. The summed E-state index contributed by atoms with van der Waals surface area (Å²) < 4.78 is 25.2. The first-order chi connectivity index (χ1) is 7.47. The zero-order valence-corrected chi connectivity index (χ0v) is 8.28. The predicted molar refractivity (Wildman–Crippen MR) is 49.9 cm³/mol. The van der Waals surface area contributed by atoms with E-state index < -0.39 is 29.2 Å². The first kappa shape index (κ1) is 12.0. The minimum Gasteiger partial charge on any atom is -0.258 e. The minimum absolute atomic E-state index is 0.128. The van der Waals surface area contributed by atoms with Crippen LogP contribution in [0.4, 0.5) is 14.5 Å². The Morgan fingerprint density at radius 3 is 2.75 bits per heavy atom. The van der Waals surface area contributed by atoms with Gasteiger partial charge in [-0.15, -0.1) is 0 Å². The predicted octanol–water partition coefficient (Wildman–Crippen LogP) is 2.30. The fourth-order valence-electron chi connectivity index (χ4n) is 1.31. The molecular weight excluding hydrogens is 220 g/mol. The first-order valence-corrected chi connectivity index (χ1v) is 4.27. The van der Waals surface area contributed by atoms with Crippen molar-refractivity contribution in [2.45, 2.75) is 19.8 Å². The van der Waals surface area contributed by atoms with Gasteiger partial charge in [0, 0.05) is 11.8 Å². The van der Waals surface area contributed by atoms with E-state index in [9.17, 15) is 18.9 Å². The summed E-state index contributed by atoms with van der Waals surface area (Å²) in [4.78, 5) is 13.4. The van der Waals surface area contributed by atoms with Crippen molar-refractivity contribution in [1.82, 2.24) is 4.98 Å². The number of rotatable bonds is 3. The second kappa shape index (κ2) is 4.61. The van der Waals surface area contributed by atoms with E-state index in [1.807, 2.05) is 0 Å². The van der Waals surface area contributed by atoms with Gasteiger partial charge in [0.05, 0.1) is 23.0 Å². The third-order valence-corrected chi connectivity index (χ3v) is 1.92. The molecule has 1 heterocycles. The summed E-state index contributed by atoms with van der Waals surface area (Å²) in [7, 11) is 0. The Balaban J connectivity index is 3.48. The molecule has 16 heavy (non-hydrogen) atoms. The van der Waals surface area contributed by atoms with Gasteiger partial charge in [-0.1, -0.05) is 0 Å². The average molecular weight is 227 g/mol. The third kappa shape index (κ3) is 2.28. The highest BCUT2D eigenvalue weighted by Gasteiger charge is 2.24. The molecule has 0 aliphatic rings. The van der Waals surface area contributed by atoms with Crippen molar-refractivity contribution in [3.63, 3.8) is 0 Å². The van der Waals surface area contributed by atoms with Gasteiger partial charge < -0.3 is 0 Å². The van der Waals surface area contributed by atoms with E-state index in [0.29, 0.717) is 0 Å². The van der Waals surface area contributed by atoms with E-state index in [2.05, 4.69) is 4.98 Å². The molecule has 0 N–H and O–H groups in total. The van der Waals surface area contributed by atoms with E-state index in [1.54, 1.807) is 6.07 Å². The van der Waals surface area contributed by atoms with Gasteiger partial charge in [-0.3, -0.25) is 15.1 Å². The van der Waals surface area contributed by atoms with Crippen LogP contribution in [0.15, 0.2) is 6.07 Å². The summed E-state index contributed by atoms with van der Waals surface area (Å²) in [6, 6.07) is 2.70. The van der Waals surface area contributed by atoms with Crippen LogP contribution in [0, 0.1) is 28.4 Å². The smallest absolute Gasteiger partial charge is 0.258 e. The minimum atomic E-state index is -2.93. The normalized spacial score (nSPS) is 10.2. The number of alkyl halides is 2. The molecular formula is C9H7F2N3O2. The van der Waals surface area contributed by atoms with Gasteiger partial charge in [-0.05, 0) is 6.92 Å². The van der Waals surface area contributed by atoms with E-state index in [4.69, 9.17) is 5.26 Å². The Hall–Kier alpha value is -2.10. The molecule has 0 bridgehead atoms. The first-order valence-electron chi connectivity index (χ1n) is 4.27. The van der Waals surface area contributed by atoms with Gasteiger partial charge >= 0.3 is 0 Å². The molecule has 0 radical (unpaired) electrons. The molecule has 0 spiro atoms. The topological polar surface area (TPSA) is 79.8 Å². The number of aromatic nitrogens is 1. The van der Waals surface area contributed by atoms with Crippen molar-refractivity contribution in [1.29, 1.82) is 5.26 Å². The quantitative estimate of drug-likeness (QED) is 0.586. The number of hydrogen-bond acceptors (Lipinski definition) is 4. The van der Waals surface area contributed by atoms with E-state index in [1.165, 1.54) is 6.92 Å². The third-order valence-electron chi connectivity index (χ3n) is 1.92. The lowest BCUT2D eigenvalue weighted by atomic mass is 10.1. The highest BCUT2D eigenvalue weighted by atomic mass is 19.3. The summed E-state index contributed by atoms with van der Waals surface area (Å²) in [5, 5.41) is 19.1. The summed E-state index contributed by atoms with van der Waals surface area (Å²) in [5.41, 5.74) is -1.35. The van der Waals surface area contributed by atoms with Gasteiger partial charge in [0.25, 0.3) is 12.1 Å². The molecule has 1 aromatic rings. The Morgan fingerprint density at radius 2 is 2.31 bits per heavy atom. The zero-order valence-electron chi connectivity index (χ0n) is 8.28. The van der Waals surface area contributed by atoms with Gasteiger partial charge in [-0.25, -0.2) is 8.78 Å². The number of hydrogen-bond donors (Lipinski definition) is 0. The summed E-state index contributed by atoms with van der Waals surface area (Å²) in [5.74, 6) is 0. The lowest BCUT2D eigenvalue weighted by Crippen LogP contribution is -2.05. The molecule has 1 aromatic heterocycles. The Bertz CT molecular complexity index is 469. The van der Waals surface area contributed by atoms with Crippen LogP contribution in [0.3, 0.4) is 0 Å². The van der Waals surface area contributed by atoms with Crippen LogP contribution in [-0.2, 0) is 6.42 Å². The van der Waals surface area contributed by atoms with Gasteiger partial charge in [-0.2, -0.15) is 5.26 Å². The van der Waals surface area contributed by atoms with E-state index in [0.717, 1.165) is 6.07 Å². The Kier molecular flexibility index (Phi) is 3.45. The molecule has 0 aliphatic heterocycles. The number of halogens is 2. The van der Waals surface area contributed by atoms with Crippen LogP contribution in [0.25, 0.3) is 0 Å². The maximum Gasteiger partial charge on any atom is 0.280 e. The lowest BCUT2D eigenvalue weighted by Gasteiger charge is -2.06. The molecule has 0 unspecified atom stereocenters. The number of nitro groups is 1. The van der Waals surface area contributed by atoms with Crippen molar-refractivity contribution in [3.8, 4) is 6.07 Å². The lowest BCUT2D eigenvalue weighted by molar-refractivity contribution is -0.385. The van der Waals surface area contributed by atoms with E-state index in [-0.39, 0.29) is 11.3 Å². The molecule has 0 amide bonds. The largest absolute Gasteiger partial charge is 0.280 e. The Labute approximate surface area is 89.5 Å². The molecule has 5 nitrogen and oxygen atoms in total. The standard InChI is InChI=1S/C9H7F2N3O2/c1-5-4-7(14(15)16)6(2-3-12)8(13-5)9(10)11/h4,9H,2H2,1H3. The molecule has 0 fully saturated rings. The van der Waals surface area contributed by atoms with Crippen LogP contribution in [0.2, 0.25) is 0 Å². The number of aryl methyl sites for hydroxylation is 1. The van der Waals surface area contributed by atoms with Gasteiger partial charge in [0.1, 0.15) is 5.69 Å². The molecule has 0 saturated carbocycles. The van der Waals surface area contributed by atoms with Crippen molar-refractivity contribution < 1.29 is 13.7 Å². The zero-order chi connectivity index (χ0) is 12.3. The van der Waals surface area contributed by atoms with Crippen molar-refractivity contribution >= 4 is 5.69 Å². The number of nitrogens with zero attached hydrogens (tertiary/aromatic N) is 3. The van der Waals surface area contributed by atoms with E-state index >= 15 is 0 Å². The van der Waals surface area contributed by atoms with Gasteiger partial charge in [0.15, 0.2) is 0 Å². The van der Waals surface area contributed by atoms with Crippen LogP contribution >= 0.6 is 0 Å². The highest BCUT2D eigenvalue weighted by molar-refractivity contribution is 5.46. The fourth-order valence-corrected chi connectivity index (χ4v) is 1.31. The molecule has 1 rings (SSSR count). The second-order valence-corrected chi connectivity index (χ2v) is 3.04. The number of nitriles is 1.